The van der Waals surface area contributed by atoms with Gasteiger partial charge in [0.15, 0.2) is 0 Å². The zero-order chi connectivity index (χ0) is 28.7. The van der Waals surface area contributed by atoms with Crippen molar-refractivity contribution >= 4 is 50.7 Å². The number of amides is 2. The van der Waals surface area contributed by atoms with Crippen LogP contribution in [-0.2, 0) is 26.2 Å². The lowest BCUT2D eigenvalue weighted by atomic mass is 10.1. The van der Waals surface area contributed by atoms with E-state index >= 15 is 0 Å². The molecule has 0 aliphatic rings. The van der Waals surface area contributed by atoms with Crippen LogP contribution in [0.2, 0.25) is 10.0 Å². The molecule has 3 rings (SSSR count). The number of rotatable bonds is 11. The minimum absolute atomic E-state index is 0.00314. The van der Waals surface area contributed by atoms with E-state index in [1.807, 2.05) is 45.0 Å². The van der Waals surface area contributed by atoms with Gasteiger partial charge >= 0.3 is 0 Å². The smallest absolute Gasteiger partial charge is 0.264 e. The minimum Gasteiger partial charge on any atom is -0.352 e. The summed E-state index contributed by atoms with van der Waals surface area (Å²) in [4.78, 5) is 28.4. The maximum Gasteiger partial charge on any atom is 0.264 e. The van der Waals surface area contributed by atoms with E-state index in [0.29, 0.717) is 5.02 Å². The Morgan fingerprint density at radius 3 is 2.26 bits per heavy atom. The standard InChI is InChI=1S/C29H33Cl2N3O4S/c1-5-21(3)32-29(36)22(4)33(18-23-11-9-10-20(2)16-23)28(35)19-34(27-15-14-24(30)17-26(27)31)39(37,38)25-12-7-6-8-13-25/h6-17,21-22H,5,18-19H2,1-4H3,(H,32,36)/t21-,22-/m1/s1. The number of carbonyl (C=O) groups is 2. The van der Waals surface area contributed by atoms with E-state index in [1.165, 1.54) is 35.2 Å². The van der Waals surface area contributed by atoms with Crippen LogP contribution >= 0.6 is 23.2 Å². The van der Waals surface area contributed by atoms with Crippen molar-refractivity contribution in [3.8, 4) is 0 Å². The number of nitrogens with zero attached hydrogens (tertiary/aromatic N) is 2. The summed E-state index contributed by atoms with van der Waals surface area (Å²) in [5, 5.41) is 3.31. The van der Waals surface area contributed by atoms with Gasteiger partial charge in [-0.05, 0) is 63.1 Å². The van der Waals surface area contributed by atoms with Gasteiger partial charge in [-0.3, -0.25) is 13.9 Å². The number of hydrogen-bond donors (Lipinski definition) is 1. The van der Waals surface area contributed by atoms with Crippen LogP contribution in [0.15, 0.2) is 77.7 Å². The van der Waals surface area contributed by atoms with Gasteiger partial charge in [-0.25, -0.2) is 8.42 Å². The van der Waals surface area contributed by atoms with Crippen molar-refractivity contribution in [2.75, 3.05) is 10.8 Å². The van der Waals surface area contributed by atoms with Crippen molar-refractivity contribution in [2.24, 2.45) is 0 Å². The summed E-state index contributed by atoms with van der Waals surface area (Å²) in [6.45, 7) is 6.94. The molecule has 208 valence electrons. The summed E-state index contributed by atoms with van der Waals surface area (Å²) < 4.78 is 28.6. The lowest BCUT2D eigenvalue weighted by Crippen LogP contribution is -2.52. The molecule has 7 nitrogen and oxygen atoms in total. The Morgan fingerprint density at radius 2 is 1.64 bits per heavy atom. The lowest BCUT2D eigenvalue weighted by Gasteiger charge is -2.32. The van der Waals surface area contributed by atoms with Crippen LogP contribution in [0, 0.1) is 6.92 Å². The molecular weight excluding hydrogens is 557 g/mol. The van der Waals surface area contributed by atoms with Crippen molar-refractivity contribution in [1.82, 2.24) is 10.2 Å². The molecule has 0 heterocycles. The first kappa shape index (κ1) is 30.5. The van der Waals surface area contributed by atoms with Crippen molar-refractivity contribution in [3.05, 3.63) is 94.0 Å². The fourth-order valence-corrected chi connectivity index (χ4v) is 5.99. The van der Waals surface area contributed by atoms with E-state index in [-0.39, 0.29) is 34.1 Å². The summed E-state index contributed by atoms with van der Waals surface area (Å²) in [6, 6.07) is 18.8. The third kappa shape index (κ3) is 7.75. The third-order valence-corrected chi connectivity index (χ3v) is 8.70. The van der Waals surface area contributed by atoms with Crippen molar-refractivity contribution in [3.63, 3.8) is 0 Å². The molecule has 0 spiro atoms. The van der Waals surface area contributed by atoms with Crippen LogP contribution in [0.5, 0.6) is 0 Å². The Bertz CT molecular complexity index is 1420. The van der Waals surface area contributed by atoms with Gasteiger partial charge < -0.3 is 10.2 Å². The molecule has 0 radical (unpaired) electrons. The molecule has 10 heteroatoms. The zero-order valence-electron chi connectivity index (χ0n) is 22.4. The fraction of sp³-hybridized carbons (Fsp3) is 0.310. The maximum absolute atomic E-state index is 13.9. The minimum atomic E-state index is -4.21. The van der Waals surface area contributed by atoms with Gasteiger partial charge in [0.05, 0.1) is 15.6 Å². The SMILES string of the molecule is CC[C@@H](C)NC(=O)[C@@H](C)N(Cc1cccc(C)c1)C(=O)CN(c1ccc(Cl)cc1Cl)S(=O)(=O)c1ccccc1. The van der Waals surface area contributed by atoms with E-state index in [4.69, 9.17) is 23.2 Å². The molecule has 39 heavy (non-hydrogen) atoms. The Morgan fingerprint density at radius 1 is 0.949 bits per heavy atom. The molecule has 0 saturated carbocycles. The number of aryl methyl sites for hydroxylation is 1. The first-order valence-electron chi connectivity index (χ1n) is 12.6. The van der Waals surface area contributed by atoms with Gasteiger partial charge in [-0.2, -0.15) is 0 Å². The van der Waals surface area contributed by atoms with E-state index in [0.717, 1.165) is 21.9 Å². The first-order valence-corrected chi connectivity index (χ1v) is 14.8. The number of sulfonamides is 1. The second kappa shape index (κ2) is 13.3. The largest absolute Gasteiger partial charge is 0.352 e. The van der Waals surface area contributed by atoms with Gasteiger partial charge in [-0.1, -0.05) is 78.2 Å². The van der Waals surface area contributed by atoms with Gasteiger partial charge in [0.25, 0.3) is 10.0 Å². The number of halogens is 2. The van der Waals surface area contributed by atoms with Gasteiger partial charge in [0.2, 0.25) is 11.8 Å². The molecule has 0 aliphatic heterocycles. The predicted octanol–water partition coefficient (Wildman–Crippen LogP) is 5.83. The number of anilines is 1. The lowest BCUT2D eigenvalue weighted by molar-refractivity contribution is -0.139. The molecule has 0 bridgehead atoms. The Labute approximate surface area is 240 Å². The van der Waals surface area contributed by atoms with Crippen molar-refractivity contribution in [2.45, 2.75) is 57.6 Å². The normalized spacial score (nSPS) is 12.9. The molecular formula is C29H33Cl2N3O4S. The summed E-state index contributed by atoms with van der Waals surface area (Å²) >= 11 is 12.5. The molecule has 0 fully saturated rings. The van der Waals surface area contributed by atoms with Gasteiger partial charge in [-0.15, -0.1) is 0 Å². The molecule has 0 aliphatic carbocycles. The van der Waals surface area contributed by atoms with Crippen molar-refractivity contribution < 1.29 is 18.0 Å². The highest BCUT2D eigenvalue weighted by Gasteiger charge is 2.33. The molecule has 2 atom stereocenters. The Hall–Kier alpha value is -3.07. The van der Waals surface area contributed by atoms with E-state index in [1.54, 1.807) is 25.1 Å². The average Bonchev–Trinajstić information content (AvgIpc) is 2.90. The first-order chi connectivity index (χ1) is 18.4. The van der Waals surface area contributed by atoms with Crippen LogP contribution in [0.4, 0.5) is 5.69 Å². The Kier molecular flexibility index (Phi) is 10.4. The number of hydrogen-bond acceptors (Lipinski definition) is 4. The quantitative estimate of drug-likeness (QED) is 0.305. The van der Waals surface area contributed by atoms with Gasteiger partial charge in [0, 0.05) is 17.6 Å². The van der Waals surface area contributed by atoms with Crippen LogP contribution < -0.4 is 9.62 Å². The van der Waals surface area contributed by atoms with Crippen LogP contribution in [0.1, 0.15) is 38.3 Å². The Balaban J connectivity index is 2.05. The monoisotopic (exact) mass is 589 g/mol. The van der Waals surface area contributed by atoms with Crippen LogP contribution in [0.3, 0.4) is 0 Å². The highest BCUT2D eigenvalue weighted by Crippen LogP contribution is 2.33. The topological polar surface area (TPSA) is 86.8 Å². The second-order valence-electron chi connectivity index (χ2n) is 9.43. The average molecular weight is 591 g/mol. The molecule has 3 aromatic carbocycles. The number of carbonyl (C=O) groups excluding carboxylic acids is 2. The fourth-order valence-electron chi connectivity index (χ4n) is 3.97. The molecule has 0 saturated heterocycles. The van der Waals surface area contributed by atoms with E-state index in [9.17, 15) is 18.0 Å². The van der Waals surface area contributed by atoms with Crippen LogP contribution in [-0.4, -0.2) is 43.8 Å². The number of benzene rings is 3. The highest BCUT2D eigenvalue weighted by molar-refractivity contribution is 7.92. The second-order valence-corrected chi connectivity index (χ2v) is 12.1. The predicted molar refractivity (Wildman–Crippen MR) is 157 cm³/mol. The van der Waals surface area contributed by atoms with Crippen LogP contribution in [0.25, 0.3) is 0 Å². The third-order valence-electron chi connectivity index (χ3n) is 6.39. The van der Waals surface area contributed by atoms with Crippen molar-refractivity contribution in [1.29, 1.82) is 0 Å². The summed E-state index contributed by atoms with van der Waals surface area (Å²) in [7, 11) is -4.21. The van der Waals surface area contributed by atoms with E-state index in [2.05, 4.69) is 5.32 Å². The summed E-state index contributed by atoms with van der Waals surface area (Å²) in [5.41, 5.74) is 1.91. The molecule has 3 aromatic rings. The molecule has 2 amide bonds. The number of nitrogens with one attached hydrogen (secondary N) is 1. The van der Waals surface area contributed by atoms with Gasteiger partial charge in [0.1, 0.15) is 12.6 Å². The van der Waals surface area contributed by atoms with E-state index < -0.39 is 28.5 Å². The molecule has 0 aromatic heterocycles. The zero-order valence-corrected chi connectivity index (χ0v) is 24.7. The summed E-state index contributed by atoms with van der Waals surface area (Å²) in [5.74, 6) is -0.888. The summed E-state index contributed by atoms with van der Waals surface area (Å²) in [6.07, 6.45) is 0.725. The molecule has 0 unspecified atom stereocenters. The maximum atomic E-state index is 13.9. The molecule has 1 N–H and O–H groups in total. The highest BCUT2D eigenvalue weighted by atomic mass is 35.5.